The molecule has 2 N–H and O–H groups in total. The number of thioether (sulfide) groups is 1. The van der Waals surface area contributed by atoms with Crippen molar-refractivity contribution in [3.05, 3.63) is 24.0 Å². The zero-order chi connectivity index (χ0) is 13.0. The average molecular weight is 266 g/mol. The fourth-order valence-corrected chi connectivity index (χ4v) is 3.23. The highest BCUT2D eigenvalue weighted by molar-refractivity contribution is 7.99. The highest BCUT2D eigenvalue weighted by Crippen LogP contribution is 2.29. The normalized spacial score (nSPS) is 23.6. The molecule has 4 nitrogen and oxygen atoms in total. The Labute approximate surface area is 111 Å². The van der Waals surface area contributed by atoms with Gasteiger partial charge in [-0.3, -0.25) is 4.98 Å². The summed E-state index contributed by atoms with van der Waals surface area (Å²) in [4.78, 5) is 15.1. The molecule has 1 fully saturated rings. The fourth-order valence-electron chi connectivity index (χ4n) is 2.41. The van der Waals surface area contributed by atoms with Crippen LogP contribution in [0.2, 0.25) is 0 Å². The minimum atomic E-state index is -0.905. The molecule has 0 saturated heterocycles. The second-order valence-corrected chi connectivity index (χ2v) is 5.73. The largest absolute Gasteiger partial charge is 0.478 e. The molecule has 2 rings (SSSR count). The first kappa shape index (κ1) is 13.2. The molecule has 0 radical (unpaired) electrons. The van der Waals surface area contributed by atoms with Crippen molar-refractivity contribution in [2.24, 2.45) is 0 Å². The third kappa shape index (κ3) is 3.16. The predicted octanol–water partition coefficient (Wildman–Crippen LogP) is 2.87. The molecule has 18 heavy (non-hydrogen) atoms. The van der Waals surface area contributed by atoms with Crippen LogP contribution >= 0.6 is 11.8 Å². The number of aromatic carboxylic acids is 1. The van der Waals surface area contributed by atoms with Crippen LogP contribution in [0.1, 0.15) is 36.0 Å². The Kier molecular flexibility index (Phi) is 4.47. The Morgan fingerprint density at radius 2 is 2.39 bits per heavy atom. The first-order valence-corrected chi connectivity index (χ1v) is 7.46. The molecule has 1 aromatic heterocycles. The van der Waals surface area contributed by atoms with Gasteiger partial charge in [-0.05, 0) is 31.6 Å². The van der Waals surface area contributed by atoms with Crippen molar-refractivity contribution in [2.45, 2.75) is 37.0 Å². The Morgan fingerprint density at radius 1 is 1.56 bits per heavy atom. The van der Waals surface area contributed by atoms with Crippen molar-refractivity contribution in [3.8, 4) is 0 Å². The van der Waals surface area contributed by atoms with Crippen LogP contribution in [0.25, 0.3) is 0 Å². The summed E-state index contributed by atoms with van der Waals surface area (Å²) in [5.41, 5.74) is 0.938. The van der Waals surface area contributed by atoms with Crippen LogP contribution in [0, 0.1) is 0 Å². The van der Waals surface area contributed by atoms with E-state index in [4.69, 9.17) is 5.11 Å². The predicted molar refractivity (Wildman–Crippen MR) is 74.4 cm³/mol. The van der Waals surface area contributed by atoms with Gasteiger partial charge in [-0.1, -0.05) is 6.42 Å². The van der Waals surface area contributed by atoms with Gasteiger partial charge in [-0.2, -0.15) is 11.8 Å². The van der Waals surface area contributed by atoms with E-state index in [1.54, 1.807) is 12.3 Å². The van der Waals surface area contributed by atoms with Crippen molar-refractivity contribution in [3.63, 3.8) is 0 Å². The van der Waals surface area contributed by atoms with Crippen LogP contribution in [0.3, 0.4) is 0 Å². The molecule has 1 heterocycles. The Balaban J connectivity index is 2.07. The molecular weight excluding hydrogens is 248 g/mol. The molecular formula is C13H18N2O2S. The lowest BCUT2D eigenvalue weighted by molar-refractivity contribution is 0.0697. The first-order chi connectivity index (χ1) is 8.70. The van der Waals surface area contributed by atoms with Crippen molar-refractivity contribution in [1.82, 2.24) is 4.98 Å². The summed E-state index contributed by atoms with van der Waals surface area (Å²) in [6, 6.07) is 1.90. The molecule has 0 aromatic carbocycles. The maximum absolute atomic E-state index is 11.1. The summed E-state index contributed by atoms with van der Waals surface area (Å²) in [5.74, 6) is -0.905. The number of hydrogen-bond acceptors (Lipinski definition) is 4. The van der Waals surface area contributed by atoms with E-state index < -0.39 is 5.97 Å². The topological polar surface area (TPSA) is 62.2 Å². The smallest absolute Gasteiger partial charge is 0.337 e. The summed E-state index contributed by atoms with van der Waals surface area (Å²) < 4.78 is 0. The van der Waals surface area contributed by atoms with Gasteiger partial charge >= 0.3 is 5.97 Å². The number of nitrogens with one attached hydrogen (secondary N) is 1. The van der Waals surface area contributed by atoms with Gasteiger partial charge < -0.3 is 10.4 Å². The molecule has 0 aliphatic heterocycles. The lowest BCUT2D eigenvalue weighted by Crippen LogP contribution is -2.29. The van der Waals surface area contributed by atoms with E-state index in [0.717, 1.165) is 12.8 Å². The number of pyridine rings is 1. The van der Waals surface area contributed by atoms with Crippen LogP contribution in [0.5, 0.6) is 0 Å². The first-order valence-electron chi connectivity index (χ1n) is 6.17. The molecule has 0 amide bonds. The van der Waals surface area contributed by atoms with Gasteiger partial charge in [-0.15, -0.1) is 0 Å². The van der Waals surface area contributed by atoms with Crippen molar-refractivity contribution < 1.29 is 9.90 Å². The van der Waals surface area contributed by atoms with E-state index in [1.807, 2.05) is 11.8 Å². The molecule has 1 aliphatic carbocycles. The van der Waals surface area contributed by atoms with Crippen LogP contribution in [0.4, 0.5) is 5.69 Å². The zero-order valence-corrected chi connectivity index (χ0v) is 11.2. The summed E-state index contributed by atoms with van der Waals surface area (Å²) >= 11 is 1.90. The number of anilines is 1. The Bertz CT molecular complexity index is 425. The quantitative estimate of drug-likeness (QED) is 0.877. The molecule has 98 valence electrons. The van der Waals surface area contributed by atoms with Crippen LogP contribution in [0.15, 0.2) is 18.5 Å². The Morgan fingerprint density at radius 3 is 3.11 bits per heavy atom. The minimum absolute atomic E-state index is 0.302. The van der Waals surface area contributed by atoms with Gasteiger partial charge in [0.25, 0.3) is 0 Å². The average Bonchev–Trinajstić information content (AvgIpc) is 2.39. The highest BCUT2D eigenvalue weighted by Gasteiger charge is 2.22. The van der Waals surface area contributed by atoms with Crippen LogP contribution in [-0.2, 0) is 0 Å². The second kappa shape index (κ2) is 6.09. The van der Waals surface area contributed by atoms with Gasteiger partial charge in [-0.25, -0.2) is 4.79 Å². The monoisotopic (exact) mass is 266 g/mol. The SMILES string of the molecule is CSC1CCCC(Nc2cnccc2C(=O)O)C1. The molecule has 2 unspecified atom stereocenters. The standard InChI is InChI=1S/C13H18N2O2S/c1-18-10-4-2-3-9(7-10)15-12-8-14-6-5-11(12)13(16)17/h5-6,8-10,15H,2-4,7H2,1H3,(H,16,17). The lowest BCUT2D eigenvalue weighted by Gasteiger charge is -2.29. The second-order valence-electron chi connectivity index (χ2n) is 4.59. The third-order valence-corrected chi connectivity index (χ3v) is 4.47. The van der Waals surface area contributed by atoms with Crippen LogP contribution in [-0.4, -0.2) is 33.6 Å². The van der Waals surface area contributed by atoms with E-state index >= 15 is 0 Å². The van der Waals surface area contributed by atoms with E-state index in [0.29, 0.717) is 22.5 Å². The number of hydrogen-bond donors (Lipinski definition) is 2. The van der Waals surface area contributed by atoms with Crippen molar-refractivity contribution in [2.75, 3.05) is 11.6 Å². The summed E-state index contributed by atoms with van der Waals surface area (Å²) in [6.45, 7) is 0. The van der Waals surface area contributed by atoms with Gasteiger partial charge in [0.05, 0.1) is 17.4 Å². The van der Waals surface area contributed by atoms with E-state index in [1.165, 1.54) is 19.0 Å². The lowest BCUT2D eigenvalue weighted by atomic mass is 9.94. The van der Waals surface area contributed by atoms with Gasteiger partial charge in [0.2, 0.25) is 0 Å². The molecule has 1 aromatic rings. The number of carboxylic acids is 1. The van der Waals surface area contributed by atoms with Gasteiger partial charge in [0.1, 0.15) is 0 Å². The van der Waals surface area contributed by atoms with Gasteiger partial charge in [0.15, 0.2) is 0 Å². The molecule has 0 spiro atoms. The maximum Gasteiger partial charge on any atom is 0.337 e. The van der Waals surface area contributed by atoms with Crippen LogP contribution < -0.4 is 5.32 Å². The molecule has 2 atom stereocenters. The number of aromatic nitrogens is 1. The third-order valence-electron chi connectivity index (χ3n) is 3.37. The summed E-state index contributed by atoms with van der Waals surface area (Å²) in [7, 11) is 0. The Hall–Kier alpha value is -1.23. The number of carboxylic acid groups (broad SMARTS) is 1. The number of carbonyl (C=O) groups is 1. The van der Waals surface area contributed by atoms with Crippen molar-refractivity contribution >= 4 is 23.4 Å². The summed E-state index contributed by atoms with van der Waals surface area (Å²) in [5, 5.41) is 13.1. The zero-order valence-electron chi connectivity index (χ0n) is 10.4. The molecule has 1 saturated carbocycles. The molecule has 1 aliphatic rings. The summed E-state index contributed by atoms with van der Waals surface area (Å²) in [6.07, 6.45) is 9.91. The minimum Gasteiger partial charge on any atom is -0.478 e. The van der Waals surface area contributed by atoms with E-state index in [2.05, 4.69) is 16.6 Å². The number of nitrogens with zero attached hydrogens (tertiary/aromatic N) is 1. The number of rotatable bonds is 4. The van der Waals surface area contributed by atoms with E-state index in [-0.39, 0.29) is 0 Å². The van der Waals surface area contributed by atoms with Crippen molar-refractivity contribution in [1.29, 1.82) is 0 Å². The van der Waals surface area contributed by atoms with Gasteiger partial charge in [0, 0.05) is 17.5 Å². The molecule has 5 heteroatoms. The fraction of sp³-hybridized carbons (Fsp3) is 0.538. The highest BCUT2D eigenvalue weighted by atomic mass is 32.2. The molecule has 0 bridgehead atoms. The maximum atomic E-state index is 11.1. The van der Waals surface area contributed by atoms with E-state index in [9.17, 15) is 4.79 Å².